The SMILES string of the molecule is NC(=O)C1Cc2ccccc2CN1C(=O)/C=C/c1ccc(N2CCCCCC2)cc1. The summed E-state index contributed by atoms with van der Waals surface area (Å²) in [6.45, 7) is 2.62. The van der Waals surface area contributed by atoms with Crippen molar-refractivity contribution in [3.63, 3.8) is 0 Å². The normalized spacial score (nSPS) is 19.4. The second-order valence-electron chi connectivity index (χ2n) is 8.18. The number of anilines is 1. The van der Waals surface area contributed by atoms with E-state index in [1.165, 1.54) is 31.4 Å². The van der Waals surface area contributed by atoms with Gasteiger partial charge >= 0.3 is 0 Å². The Hall–Kier alpha value is -3.08. The molecule has 0 aromatic heterocycles. The van der Waals surface area contributed by atoms with Crippen LogP contribution in [-0.2, 0) is 22.6 Å². The van der Waals surface area contributed by atoms with Crippen LogP contribution in [0.15, 0.2) is 54.6 Å². The lowest BCUT2D eigenvalue weighted by molar-refractivity contribution is -0.136. The third kappa shape index (κ3) is 4.56. The van der Waals surface area contributed by atoms with Gasteiger partial charge in [0.05, 0.1) is 0 Å². The lowest BCUT2D eigenvalue weighted by atomic mass is 9.93. The lowest BCUT2D eigenvalue weighted by Gasteiger charge is -2.34. The van der Waals surface area contributed by atoms with Crippen LogP contribution in [0.1, 0.15) is 42.4 Å². The van der Waals surface area contributed by atoms with Crippen molar-refractivity contribution in [2.75, 3.05) is 18.0 Å². The maximum Gasteiger partial charge on any atom is 0.247 e. The monoisotopic (exact) mass is 403 g/mol. The number of carbonyl (C=O) groups excluding carboxylic acids is 2. The smallest absolute Gasteiger partial charge is 0.247 e. The number of hydrogen-bond acceptors (Lipinski definition) is 3. The van der Waals surface area contributed by atoms with Crippen LogP contribution in [-0.4, -0.2) is 35.8 Å². The standard InChI is InChI=1S/C25H29N3O2/c26-25(30)23-17-20-7-3-4-8-21(20)18-28(23)24(29)14-11-19-9-12-22(13-10-19)27-15-5-1-2-6-16-27/h3-4,7-14,23H,1-2,5-6,15-18H2,(H2,26,30)/b14-11+. The quantitative estimate of drug-likeness (QED) is 0.795. The van der Waals surface area contributed by atoms with Crippen molar-refractivity contribution >= 4 is 23.6 Å². The third-order valence-electron chi connectivity index (χ3n) is 6.14. The fourth-order valence-electron chi connectivity index (χ4n) is 4.40. The van der Waals surface area contributed by atoms with Crippen molar-refractivity contribution in [2.24, 2.45) is 5.73 Å². The van der Waals surface area contributed by atoms with Gasteiger partial charge in [0.25, 0.3) is 0 Å². The molecule has 0 aliphatic carbocycles. The number of benzene rings is 2. The third-order valence-corrected chi connectivity index (χ3v) is 6.14. The summed E-state index contributed by atoms with van der Waals surface area (Å²) in [4.78, 5) is 28.9. The molecule has 0 radical (unpaired) electrons. The topological polar surface area (TPSA) is 66.6 Å². The fraction of sp³-hybridized carbons (Fsp3) is 0.360. The predicted molar refractivity (Wildman–Crippen MR) is 120 cm³/mol. The number of primary amides is 1. The van der Waals surface area contributed by atoms with E-state index < -0.39 is 11.9 Å². The zero-order chi connectivity index (χ0) is 20.9. The maximum atomic E-state index is 12.9. The molecule has 0 spiro atoms. The fourth-order valence-corrected chi connectivity index (χ4v) is 4.40. The van der Waals surface area contributed by atoms with Crippen LogP contribution in [0.25, 0.3) is 6.08 Å². The van der Waals surface area contributed by atoms with Gasteiger partial charge < -0.3 is 15.5 Å². The molecule has 30 heavy (non-hydrogen) atoms. The Bertz CT molecular complexity index is 928. The number of hydrogen-bond donors (Lipinski definition) is 1. The molecule has 1 unspecified atom stereocenters. The average Bonchev–Trinajstić information content (AvgIpc) is 3.06. The van der Waals surface area contributed by atoms with E-state index in [1.54, 1.807) is 11.0 Å². The Labute approximate surface area is 178 Å². The number of fused-ring (bicyclic) bond motifs is 1. The first-order valence-electron chi connectivity index (χ1n) is 10.8. The average molecular weight is 404 g/mol. The molecule has 1 saturated heterocycles. The van der Waals surface area contributed by atoms with Crippen molar-refractivity contribution in [3.05, 3.63) is 71.3 Å². The van der Waals surface area contributed by atoms with Crippen molar-refractivity contribution in [2.45, 2.75) is 44.7 Å². The van der Waals surface area contributed by atoms with Crippen LogP contribution < -0.4 is 10.6 Å². The van der Waals surface area contributed by atoms with Gasteiger partial charge in [-0.1, -0.05) is 49.2 Å². The molecule has 156 valence electrons. The second-order valence-corrected chi connectivity index (χ2v) is 8.18. The van der Waals surface area contributed by atoms with Gasteiger partial charge in [-0.3, -0.25) is 9.59 Å². The van der Waals surface area contributed by atoms with Gasteiger partial charge in [-0.2, -0.15) is 0 Å². The van der Waals surface area contributed by atoms with Crippen LogP contribution in [0.3, 0.4) is 0 Å². The molecule has 1 atom stereocenters. The van der Waals surface area contributed by atoms with Gasteiger partial charge in [0.1, 0.15) is 6.04 Å². The Morgan fingerprint density at radius 1 is 0.900 bits per heavy atom. The van der Waals surface area contributed by atoms with Crippen LogP contribution in [0.2, 0.25) is 0 Å². The molecular formula is C25H29N3O2. The van der Waals surface area contributed by atoms with Crippen molar-refractivity contribution in [3.8, 4) is 0 Å². The second kappa shape index (κ2) is 9.16. The number of nitrogens with zero attached hydrogens (tertiary/aromatic N) is 2. The summed E-state index contributed by atoms with van der Waals surface area (Å²) in [6.07, 6.45) is 8.94. The van der Waals surface area contributed by atoms with E-state index in [0.29, 0.717) is 13.0 Å². The highest BCUT2D eigenvalue weighted by molar-refractivity contribution is 5.95. The van der Waals surface area contributed by atoms with E-state index in [-0.39, 0.29) is 5.91 Å². The van der Waals surface area contributed by atoms with E-state index in [0.717, 1.165) is 29.8 Å². The van der Waals surface area contributed by atoms with Crippen LogP contribution in [0.4, 0.5) is 5.69 Å². The van der Waals surface area contributed by atoms with E-state index in [4.69, 9.17) is 5.73 Å². The highest BCUT2D eigenvalue weighted by Crippen LogP contribution is 2.24. The van der Waals surface area contributed by atoms with Gasteiger partial charge in [-0.25, -0.2) is 0 Å². The minimum atomic E-state index is -0.609. The van der Waals surface area contributed by atoms with Crippen LogP contribution in [0, 0.1) is 0 Å². The van der Waals surface area contributed by atoms with E-state index in [2.05, 4.69) is 17.0 Å². The zero-order valence-corrected chi connectivity index (χ0v) is 17.3. The first-order chi connectivity index (χ1) is 14.6. The van der Waals surface area contributed by atoms with Gasteiger partial charge in [0, 0.05) is 37.8 Å². The molecule has 5 heteroatoms. The van der Waals surface area contributed by atoms with Crippen molar-refractivity contribution < 1.29 is 9.59 Å². The van der Waals surface area contributed by atoms with E-state index >= 15 is 0 Å². The van der Waals surface area contributed by atoms with Crippen LogP contribution in [0.5, 0.6) is 0 Å². The molecule has 0 saturated carbocycles. The van der Waals surface area contributed by atoms with Crippen LogP contribution >= 0.6 is 0 Å². The molecule has 2 aliphatic heterocycles. The van der Waals surface area contributed by atoms with Gasteiger partial charge in [0.15, 0.2) is 0 Å². The molecule has 2 aliphatic rings. The first-order valence-corrected chi connectivity index (χ1v) is 10.8. The Morgan fingerprint density at radius 3 is 2.23 bits per heavy atom. The molecule has 2 N–H and O–H groups in total. The predicted octanol–water partition coefficient (Wildman–Crippen LogP) is 3.52. The zero-order valence-electron chi connectivity index (χ0n) is 17.3. The highest BCUT2D eigenvalue weighted by Gasteiger charge is 2.32. The highest BCUT2D eigenvalue weighted by atomic mass is 16.2. The number of nitrogens with two attached hydrogens (primary N) is 1. The Balaban J connectivity index is 1.45. The molecule has 5 nitrogen and oxygen atoms in total. The summed E-state index contributed by atoms with van der Waals surface area (Å²) in [5.41, 5.74) is 9.95. The molecule has 4 rings (SSSR count). The maximum absolute atomic E-state index is 12.9. The van der Waals surface area contributed by atoms with Gasteiger partial charge in [0.2, 0.25) is 11.8 Å². The van der Waals surface area contributed by atoms with Crippen molar-refractivity contribution in [1.29, 1.82) is 0 Å². The lowest BCUT2D eigenvalue weighted by Crippen LogP contribution is -2.50. The summed E-state index contributed by atoms with van der Waals surface area (Å²) in [5.74, 6) is -0.655. The number of amides is 2. The molecule has 2 heterocycles. The number of carbonyl (C=O) groups is 2. The largest absolute Gasteiger partial charge is 0.372 e. The molecule has 2 amide bonds. The minimum absolute atomic E-state index is 0.190. The molecule has 2 aromatic carbocycles. The summed E-state index contributed by atoms with van der Waals surface area (Å²) >= 11 is 0. The molecule has 2 aromatic rings. The summed E-state index contributed by atoms with van der Waals surface area (Å²) < 4.78 is 0. The van der Waals surface area contributed by atoms with Gasteiger partial charge in [-0.05, 0) is 47.7 Å². The van der Waals surface area contributed by atoms with E-state index in [1.807, 2.05) is 42.5 Å². The first kappa shape index (κ1) is 20.2. The molecule has 1 fully saturated rings. The summed E-state index contributed by atoms with van der Waals surface area (Å²) in [5, 5.41) is 0. The molecular weight excluding hydrogens is 374 g/mol. The minimum Gasteiger partial charge on any atom is -0.372 e. The number of rotatable bonds is 4. The van der Waals surface area contributed by atoms with E-state index in [9.17, 15) is 9.59 Å². The summed E-state index contributed by atoms with van der Waals surface area (Å²) in [6, 6.07) is 15.6. The van der Waals surface area contributed by atoms with Gasteiger partial charge in [-0.15, -0.1) is 0 Å². The Kier molecular flexibility index (Phi) is 6.17. The summed E-state index contributed by atoms with van der Waals surface area (Å²) in [7, 11) is 0. The Morgan fingerprint density at radius 2 is 1.57 bits per heavy atom. The molecule has 0 bridgehead atoms. The van der Waals surface area contributed by atoms with Crippen molar-refractivity contribution in [1.82, 2.24) is 4.90 Å².